The molecule has 0 aliphatic carbocycles. The first-order valence-corrected chi connectivity index (χ1v) is 9.25. The van der Waals surface area contributed by atoms with Crippen LogP contribution in [-0.4, -0.2) is 50.8 Å². The summed E-state index contributed by atoms with van der Waals surface area (Å²) in [6, 6.07) is 9.48. The van der Waals surface area contributed by atoms with Gasteiger partial charge >= 0.3 is 0 Å². The van der Waals surface area contributed by atoms with Crippen molar-refractivity contribution in [1.29, 1.82) is 0 Å². The van der Waals surface area contributed by atoms with Crippen molar-refractivity contribution in [1.82, 2.24) is 9.97 Å². The minimum Gasteiger partial charge on any atom is -0.353 e. The van der Waals surface area contributed by atoms with Crippen LogP contribution in [-0.2, 0) is 10.0 Å². The Kier molecular flexibility index (Phi) is 4.33. The highest BCUT2D eigenvalue weighted by molar-refractivity contribution is 7.92. The van der Waals surface area contributed by atoms with Crippen LogP contribution < -0.4 is 14.5 Å². The lowest BCUT2D eigenvalue weighted by atomic mass is 10.3. The molecule has 2 aromatic rings. The molecule has 1 N–H and O–H groups in total. The molecule has 0 atom stereocenters. The van der Waals surface area contributed by atoms with Gasteiger partial charge in [0.2, 0.25) is 10.0 Å². The average molecular weight is 333 g/mol. The summed E-state index contributed by atoms with van der Waals surface area (Å²) in [6.07, 6.45) is 4.47. The monoisotopic (exact) mass is 333 g/mol. The van der Waals surface area contributed by atoms with E-state index < -0.39 is 10.0 Å². The minimum atomic E-state index is -3.27. The van der Waals surface area contributed by atoms with E-state index in [9.17, 15) is 8.42 Å². The zero-order valence-corrected chi connectivity index (χ0v) is 13.7. The lowest BCUT2D eigenvalue weighted by Crippen LogP contribution is -2.47. The van der Waals surface area contributed by atoms with Gasteiger partial charge in [-0.15, -0.1) is 0 Å². The Morgan fingerprint density at radius 1 is 0.957 bits per heavy atom. The highest BCUT2D eigenvalue weighted by atomic mass is 32.2. The molecule has 0 radical (unpaired) electrons. The molecule has 3 rings (SSSR count). The van der Waals surface area contributed by atoms with E-state index in [2.05, 4.69) is 24.5 Å². The van der Waals surface area contributed by atoms with Gasteiger partial charge in [-0.3, -0.25) is 4.72 Å². The molecule has 3 heterocycles. The summed E-state index contributed by atoms with van der Waals surface area (Å²) in [4.78, 5) is 13.2. The van der Waals surface area contributed by atoms with Crippen molar-refractivity contribution >= 4 is 27.3 Å². The second kappa shape index (κ2) is 6.41. The third-order valence-electron chi connectivity index (χ3n) is 3.63. The van der Waals surface area contributed by atoms with Crippen LogP contribution in [0.3, 0.4) is 0 Å². The maximum absolute atomic E-state index is 11.2. The molecule has 0 saturated carbocycles. The largest absolute Gasteiger partial charge is 0.353 e. The summed E-state index contributed by atoms with van der Waals surface area (Å²) in [5.41, 5.74) is 0.475. The molecular weight excluding hydrogens is 314 g/mol. The number of nitrogens with zero attached hydrogens (tertiary/aromatic N) is 4. The van der Waals surface area contributed by atoms with Crippen LogP contribution in [0.2, 0.25) is 0 Å². The maximum atomic E-state index is 11.2. The summed E-state index contributed by atoms with van der Waals surface area (Å²) in [5, 5.41) is 0. The van der Waals surface area contributed by atoms with Gasteiger partial charge in [0.1, 0.15) is 11.6 Å². The Bertz CT molecular complexity index is 741. The molecule has 0 unspecified atom stereocenters. The number of sulfonamides is 1. The van der Waals surface area contributed by atoms with Crippen molar-refractivity contribution in [2.24, 2.45) is 0 Å². The molecule has 23 heavy (non-hydrogen) atoms. The molecule has 1 fully saturated rings. The molecular formula is C15H19N5O2S. The molecule has 0 spiro atoms. The molecule has 7 nitrogen and oxygen atoms in total. The van der Waals surface area contributed by atoms with E-state index in [1.807, 2.05) is 24.3 Å². The lowest BCUT2D eigenvalue weighted by molar-refractivity contribution is 0.607. The Labute approximate surface area is 136 Å². The molecule has 0 bridgehead atoms. The Morgan fingerprint density at radius 2 is 1.61 bits per heavy atom. The normalized spacial score (nSPS) is 15.5. The van der Waals surface area contributed by atoms with Gasteiger partial charge in [-0.2, -0.15) is 0 Å². The van der Waals surface area contributed by atoms with E-state index in [-0.39, 0.29) is 0 Å². The van der Waals surface area contributed by atoms with Gasteiger partial charge in [-0.25, -0.2) is 18.4 Å². The number of anilines is 3. The standard InChI is InChI=1S/C15H19N5O2S/c1-23(21,22)18-13-5-6-15(17-12-13)20-10-8-19(9-11-20)14-4-2-3-7-16-14/h2-7,12,18H,8-11H2,1H3. The topological polar surface area (TPSA) is 78.4 Å². The van der Waals surface area contributed by atoms with Crippen molar-refractivity contribution in [2.45, 2.75) is 0 Å². The van der Waals surface area contributed by atoms with Crippen LogP contribution in [0.25, 0.3) is 0 Å². The van der Waals surface area contributed by atoms with E-state index >= 15 is 0 Å². The van der Waals surface area contributed by atoms with E-state index in [1.165, 1.54) is 0 Å². The minimum absolute atomic E-state index is 0.475. The fraction of sp³-hybridized carbons (Fsp3) is 0.333. The summed E-state index contributed by atoms with van der Waals surface area (Å²) >= 11 is 0. The predicted octanol–water partition coefficient (Wildman–Crippen LogP) is 1.17. The van der Waals surface area contributed by atoms with Crippen LogP contribution in [0.1, 0.15) is 0 Å². The SMILES string of the molecule is CS(=O)(=O)Nc1ccc(N2CCN(c3ccccn3)CC2)nc1. The van der Waals surface area contributed by atoms with Crippen LogP contribution >= 0.6 is 0 Å². The first-order chi connectivity index (χ1) is 11.0. The smallest absolute Gasteiger partial charge is 0.229 e. The second-order valence-electron chi connectivity index (χ2n) is 5.44. The zero-order chi connectivity index (χ0) is 16.3. The molecule has 0 amide bonds. The van der Waals surface area contributed by atoms with Gasteiger partial charge in [0.15, 0.2) is 0 Å². The molecule has 122 valence electrons. The number of rotatable bonds is 4. The first kappa shape index (κ1) is 15.5. The average Bonchev–Trinajstić information content (AvgIpc) is 2.55. The summed E-state index contributed by atoms with van der Waals surface area (Å²) in [7, 11) is -3.27. The number of aromatic nitrogens is 2. The number of pyridine rings is 2. The molecule has 1 saturated heterocycles. The van der Waals surface area contributed by atoms with Crippen LogP contribution in [0.5, 0.6) is 0 Å². The Balaban J connectivity index is 1.61. The molecule has 0 aromatic carbocycles. The van der Waals surface area contributed by atoms with Gasteiger partial charge in [0, 0.05) is 32.4 Å². The first-order valence-electron chi connectivity index (χ1n) is 7.36. The highest BCUT2D eigenvalue weighted by Gasteiger charge is 2.18. The third kappa shape index (κ3) is 4.10. The van der Waals surface area contributed by atoms with Gasteiger partial charge in [0.05, 0.1) is 18.1 Å². The van der Waals surface area contributed by atoms with Gasteiger partial charge in [-0.05, 0) is 24.3 Å². The fourth-order valence-corrected chi connectivity index (χ4v) is 3.10. The summed E-state index contributed by atoms with van der Waals surface area (Å²) < 4.78 is 24.8. The van der Waals surface area contributed by atoms with E-state index in [1.54, 1.807) is 18.5 Å². The molecule has 8 heteroatoms. The van der Waals surface area contributed by atoms with E-state index in [4.69, 9.17) is 0 Å². The molecule has 2 aromatic heterocycles. The van der Waals surface area contributed by atoms with Crippen molar-refractivity contribution in [3.63, 3.8) is 0 Å². The summed E-state index contributed by atoms with van der Waals surface area (Å²) in [5.74, 6) is 1.84. The maximum Gasteiger partial charge on any atom is 0.229 e. The summed E-state index contributed by atoms with van der Waals surface area (Å²) in [6.45, 7) is 3.45. The van der Waals surface area contributed by atoms with E-state index in [0.29, 0.717) is 5.69 Å². The number of hydrogen-bond donors (Lipinski definition) is 1. The second-order valence-corrected chi connectivity index (χ2v) is 7.19. The quantitative estimate of drug-likeness (QED) is 0.905. The van der Waals surface area contributed by atoms with Gasteiger partial charge in [-0.1, -0.05) is 6.07 Å². The van der Waals surface area contributed by atoms with Crippen molar-refractivity contribution in [3.05, 3.63) is 42.7 Å². The molecule has 1 aliphatic rings. The molecule has 1 aliphatic heterocycles. The van der Waals surface area contributed by atoms with Gasteiger partial charge in [0.25, 0.3) is 0 Å². The Hall–Kier alpha value is -2.35. The third-order valence-corrected chi connectivity index (χ3v) is 4.23. The van der Waals surface area contributed by atoms with Crippen LogP contribution in [0.4, 0.5) is 17.3 Å². The van der Waals surface area contributed by atoms with E-state index in [0.717, 1.165) is 44.1 Å². The van der Waals surface area contributed by atoms with Crippen molar-refractivity contribution < 1.29 is 8.42 Å². The predicted molar refractivity (Wildman–Crippen MR) is 91.4 cm³/mol. The van der Waals surface area contributed by atoms with Crippen LogP contribution in [0, 0.1) is 0 Å². The highest BCUT2D eigenvalue weighted by Crippen LogP contribution is 2.19. The number of hydrogen-bond acceptors (Lipinski definition) is 6. The van der Waals surface area contributed by atoms with Crippen molar-refractivity contribution in [2.75, 3.05) is 47.0 Å². The van der Waals surface area contributed by atoms with Gasteiger partial charge < -0.3 is 9.80 Å². The number of piperazine rings is 1. The van der Waals surface area contributed by atoms with Crippen LogP contribution in [0.15, 0.2) is 42.7 Å². The Morgan fingerprint density at radius 3 is 2.09 bits per heavy atom. The fourth-order valence-electron chi connectivity index (χ4n) is 2.55. The zero-order valence-electron chi connectivity index (χ0n) is 12.9. The van der Waals surface area contributed by atoms with Crippen molar-refractivity contribution in [3.8, 4) is 0 Å². The lowest BCUT2D eigenvalue weighted by Gasteiger charge is -2.36. The number of nitrogens with one attached hydrogen (secondary N) is 1.